The van der Waals surface area contributed by atoms with E-state index in [1.54, 1.807) is 6.20 Å². The van der Waals surface area contributed by atoms with Crippen LogP contribution in [0.1, 0.15) is 53.2 Å². The van der Waals surface area contributed by atoms with Crippen LogP contribution in [-0.2, 0) is 5.44 Å². The summed E-state index contributed by atoms with van der Waals surface area (Å²) in [5.74, 6) is -2.32. The molecule has 7 nitrogen and oxygen atoms in total. The minimum atomic E-state index is -1.87. The normalized spacial score (nSPS) is 21.3. The van der Waals surface area contributed by atoms with Crippen molar-refractivity contribution in [3.63, 3.8) is 0 Å². The standard InChI is InChI=1S/C25H23B2BrF2N4O3/c26-24(37)5-3-13(4-6-24)20-11-32-22(31)21(33-20)14-1-2-18(19(30)7-14)23(36)34-25(27,12-35)15-8-16(28)10-17(29)9-15/h1-2,7-11,13,35,37H,3-6,12H2,(H2,31,32)(H,34,36)/t13?,24?,25-/m1/s1. The zero-order valence-electron chi connectivity index (χ0n) is 19.7. The fourth-order valence-electron chi connectivity index (χ4n) is 4.37. The van der Waals surface area contributed by atoms with Gasteiger partial charge in [0, 0.05) is 26.9 Å². The van der Waals surface area contributed by atoms with Gasteiger partial charge in [-0.15, -0.1) is 0 Å². The Bertz CT molecular complexity index is 1320. The molecule has 0 saturated heterocycles. The first kappa shape index (κ1) is 27.2. The number of aliphatic hydroxyl groups excluding tert-OH is 1. The largest absolute Gasteiger partial charge is 0.400 e. The number of aromatic nitrogens is 2. The summed E-state index contributed by atoms with van der Waals surface area (Å²) in [4.78, 5) is 21.7. The van der Waals surface area contributed by atoms with Gasteiger partial charge >= 0.3 is 0 Å². The van der Waals surface area contributed by atoms with Crippen LogP contribution in [0.2, 0.25) is 0 Å². The number of amides is 1. The van der Waals surface area contributed by atoms with Gasteiger partial charge in [-0.3, -0.25) is 4.79 Å². The third-order valence-electron chi connectivity index (χ3n) is 6.54. The third kappa shape index (κ3) is 6.02. The highest BCUT2D eigenvalue weighted by atomic mass is 79.9. The third-order valence-corrected chi connectivity index (χ3v) is 7.00. The number of nitrogens with one attached hydrogen (secondary N) is 1. The maximum atomic E-state index is 15.1. The smallest absolute Gasteiger partial charge is 0.254 e. The second-order valence-corrected chi connectivity index (χ2v) is 10.3. The van der Waals surface area contributed by atoms with Gasteiger partial charge in [0.15, 0.2) is 0 Å². The van der Waals surface area contributed by atoms with Crippen LogP contribution in [0.5, 0.6) is 0 Å². The van der Waals surface area contributed by atoms with Gasteiger partial charge in [0.05, 0.1) is 24.1 Å². The number of carbonyl (C=O) groups excluding carboxylic acids is 1. The van der Waals surface area contributed by atoms with Crippen LogP contribution in [0.15, 0.2) is 47.1 Å². The Kier molecular flexibility index (Phi) is 7.73. The van der Waals surface area contributed by atoms with Crippen LogP contribution in [0.3, 0.4) is 0 Å². The van der Waals surface area contributed by atoms with E-state index in [2.05, 4.69) is 31.2 Å². The van der Waals surface area contributed by atoms with Crippen molar-refractivity contribution in [1.29, 1.82) is 0 Å². The van der Waals surface area contributed by atoms with E-state index >= 15 is 4.39 Å². The zero-order chi connectivity index (χ0) is 27.0. The number of aliphatic hydroxyl groups is 2. The summed E-state index contributed by atoms with van der Waals surface area (Å²) >= 11 is 3.14. The SMILES string of the molecule is [B]C1(O)CCC(c2cnc(N)c(-c3ccc(C(=O)N[C@]([B])(CO)c4cc(F)cc(Br)c4)c(F)c3)n2)CC1. The number of halogens is 3. The summed E-state index contributed by atoms with van der Waals surface area (Å²) < 4.78 is 29.3. The Morgan fingerprint density at radius 1 is 1.24 bits per heavy atom. The molecule has 1 atom stereocenters. The molecular weight excluding hydrogens is 544 g/mol. The molecular formula is C25H23B2BrF2N4O3. The Balaban J connectivity index is 1.58. The van der Waals surface area contributed by atoms with Crippen LogP contribution in [0, 0.1) is 11.6 Å². The average molecular weight is 567 g/mol. The quantitative estimate of drug-likeness (QED) is 0.340. The van der Waals surface area contributed by atoms with Crippen LogP contribution in [-0.4, -0.2) is 53.9 Å². The number of anilines is 1. The Hall–Kier alpha value is -2.82. The molecule has 188 valence electrons. The highest BCUT2D eigenvalue weighted by Gasteiger charge is 2.31. The van der Waals surface area contributed by atoms with E-state index in [0.29, 0.717) is 41.4 Å². The van der Waals surface area contributed by atoms with E-state index in [9.17, 15) is 19.4 Å². The van der Waals surface area contributed by atoms with Crippen LogP contribution >= 0.6 is 15.9 Å². The number of nitrogen functional groups attached to an aromatic ring is 1. The van der Waals surface area contributed by atoms with E-state index in [1.807, 2.05) is 0 Å². The average Bonchev–Trinajstić information content (AvgIpc) is 2.83. The molecule has 37 heavy (non-hydrogen) atoms. The lowest BCUT2D eigenvalue weighted by Gasteiger charge is -2.33. The van der Waals surface area contributed by atoms with Crippen molar-refractivity contribution >= 4 is 43.3 Å². The lowest BCUT2D eigenvalue weighted by molar-refractivity contribution is 0.0784. The highest BCUT2D eigenvalue weighted by molar-refractivity contribution is 9.10. The lowest BCUT2D eigenvalue weighted by Crippen LogP contribution is -2.49. The summed E-state index contributed by atoms with van der Waals surface area (Å²) in [5.41, 5.74) is 3.91. The van der Waals surface area contributed by atoms with Crippen molar-refractivity contribution in [3.8, 4) is 11.3 Å². The first-order valence-electron chi connectivity index (χ1n) is 11.5. The van der Waals surface area contributed by atoms with Crippen molar-refractivity contribution in [2.75, 3.05) is 12.3 Å². The highest BCUT2D eigenvalue weighted by Crippen LogP contribution is 2.37. The van der Waals surface area contributed by atoms with Gasteiger partial charge in [0.25, 0.3) is 5.91 Å². The summed E-state index contributed by atoms with van der Waals surface area (Å²) in [6.07, 6.45) is 3.63. The molecule has 0 bridgehead atoms. The molecule has 1 fully saturated rings. The predicted molar refractivity (Wildman–Crippen MR) is 140 cm³/mol. The van der Waals surface area contributed by atoms with Gasteiger partial charge in [-0.25, -0.2) is 18.7 Å². The van der Waals surface area contributed by atoms with Gasteiger partial charge < -0.3 is 21.3 Å². The molecule has 3 aromatic rings. The molecule has 4 rings (SSSR count). The molecule has 1 aliphatic carbocycles. The van der Waals surface area contributed by atoms with Gasteiger partial charge in [-0.2, -0.15) is 0 Å². The second-order valence-electron chi connectivity index (χ2n) is 9.34. The monoisotopic (exact) mass is 566 g/mol. The number of hydrogen-bond donors (Lipinski definition) is 4. The van der Waals surface area contributed by atoms with Crippen LogP contribution in [0.25, 0.3) is 11.3 Å². The molecule has 0 aliphatic heterocycles. The minimum Gasteiger partial charge on any atom is -0.400 e. The van der Waals surface area contributed by atoms with Crippen LogP contribution in [0.4, 0.5) is 14.6 Å². The molecule has 0 spiro atoms. The Labute approximate surface area is 223 Å². The Morgan fingerprint density at radius 3 is 2.57 bits per heavy atom. The van der Waals surface area contributed by atoms with Gasteiger partial charge in [-0.1, -0.05) is 22.0 Å². The van der Waals surface area contributed by atoms with E-state index in [4.69, 9.17) is 21.4 Å². The maximum Gasteiger partial charge on any atom is 0.254 e. The number of benzene rings is 2. The second kappa shape index (κ2) is 10.5. The minimum absolute atomic E-state index is 0.0181. The molecule has 1 saturated carbocycles. The summed E-state index contributed by atoms with van der Waals surface area (Å²) in [6, 6.07) is 7.51. The van der Waals surface area contributed by atoms with Crippen molar-refractivity contribution in [2.45, 2.75) is 42.5 Å². The molecule has 1 heterocycles. The van der Waals surface area contributed by atoms with Gasteiger partial charge in [0.1, 0.15) is 38.8 Å². The Morgan fingerprint density at radius 2 is 1.95 bits per heavy atom. The lowest BCUT2D eigenvalue weighted by atomic mass is 9.67. The molecule has 5 N–H and O–H groups in total. The molecule has 1 aliphatic rings. The summed E-state index contributed by atoms with van der Waals surface area (Å²) in [6.45, 7) is -0.768. The number of carbonyl (C=O) groups is 1. The summed E-state index contributed by atoms with van der Waals surface area (Å²) in [7, 11) is 11.9. The fraction of sp³-hybridized carbons (Fsp3) is 0.320. The summed E-state index contributed by atoms with van der Waals surface area (Å²) in [5, 5.41) is 22.2. The molecule has 1 amide bonds. The van der Waals surface area contributed by atoms with Crippen LogP contribution < -0.4 is 11.1 Å². The zero-order valence-corrected chi connectivity index (χ0v) is 21.3. The first-order chi connectivity index (χ1) is 17.4. The van der Waals surface area contributed by atoms with Crippen molar-refractivity contribution in [3.05, 3.63) is 75.5 Å². The molecule has 4 radical (unpaired) electrons. The van der Waals surface area contributed by atoms with Crippen molar-refractivity contribution in [1.82, 2.24) is 15.3 Å². The van der Waals surface area contributed by atoms with E-state index in [-0.39, 0.29) is 28.6 Å². The van der Waals surface area contributed by atoms with E-state index in [0.717, 1.165) is 12.1 Å². The molecule has 1 aromatic heterocycles. The first-order valence-corrected chi connectivity index (χ1v) is 12.3. The fourth-order valence-corrected chi connectivity index (χ4v) is 4.83. The number of nitrogens with two attached hydrogens (primary N) is 1. The molecule has 2 aromatic carbocycles. The van der Waals surface area contributed by atoms with Gasteiger partial charge in [-0.05, 0) is 61.6 Å². The topological polar surface area (TPSA) is 121 Å². The van der Waals surface area contributed by atoms with Gasteiger partial charge in [0.2, 0.25) is 0 Å². The maximum absolute atomic E-state index is 15.1. The van der Waals surface area contributed by atoms with E-state index in [1.165, 1.54) is 24.3 Å². The predicted octanol–water partition coefficient (Wildman–Crippen LogP) is 3.02. The van der Waals surface area contributed by atoms with E-state index < -0.39 is 35.1 Å². The number of hydrogen-bond acceptors (Lipinski definition) is 6. The van der Waals surface area contributed by atoms with Crippen molar-refractivity contribution in [2.24, 2.45) is 0 Å². The number of nitrogens with zero attached hydrogens (tertiary/aromatic N) is 2. The molecule has 12 heteroatoms. The number of rotatable bonds is 6. The molecule has 0 unspecified atom stereocenters. The van der Waals surface area contributed by atoms with Crippen molar-refractivity contribution < 1.29 is 23.8 Å².